The van der Waals surface area contributed by atoms with Crippen LogP contribution in [0.25, 0.3) is 0 Å². The molecule has 18 heavy (non-hydrogen) atoms. The van der Waals surface area contributed by atoms with Crippen molar-refractivity contribution in [1.29, 1.82) is 0 Å². The van der Waals surface area contributed by atoms with Crippen molar-refractivity contribution in [2.75, 3.05) is 6.61 Å². The van der Waals surface area contributed by atoms with Crippen LogP contribution >= 0.6 is 0 Å². The van der Waals surface area contributed by atoms with Crippen LogP contribution < -0.4 is 11.1 Å². The van der Waals surface area contributed by atoms with Gasteiger partial charge in [0.2, 0.25) is 5.91 Å². The zero-order valence-electron chi connectivity index (χ0n) is 11.1. The van der Waals surface area contributed by atoms with Crippen molar-refractivity contribution >= 4 is 5.91 Å². The first-order valence-electron chi connectivity index (χ1n) is 6.25. The molecule has 0 aliphatic heterocycles. The molecule has 1 rings (SSSR count). The van der Waals surface area contributed by atoms with Crippen LogP contribution in [0.15, 0.2) is 24.3 Å². The standard InChI is InChI=1S/C14H22N2O2/c1-3-14(2,8-9-17)16-10-11-4-6-12(7-5-11)13(15)18/h4-7,16-17H,3,8-10H2,1-2H3,(H2,15,18). The summed E-state index contributed by atoms with van der Waals surface area (Å²) in [5, 5.41) is 12.5. The number of nitrogens with one attached hydrogen (secondary N) is 1. The highest BCUT2D eigenvalue weighted by molar-refractivity contribution is 5.92. The quantitative estimate of drug-likeness (QED) is 0.685. The first-order chi connectivity index (χ1) is 8.50. The van der Waals surface area contributed by atoms with E-state index < -0.39 is 5.91 Å². The highest BCUT2D eigenvalue weighted by Crippen LogP contribution is 2.15. The van der Waals surface area contributed by atoms with E-state index in [9.17, 15) is 4.79 Å². The van der Waals surface area contributed by atoms with Gasteiger partial charge in [-0.2, -0.15) is 0 Å². The number of aliphatic hydroxyl groups excluding tert-OH is 1. The lowest BCUT2D eigenvalue weighted by Gasteiger charge is -2.29. The lowest BCUT2D eigenvalue weighted by molar-refractivity contribution is 0.1000. The zero-order chi connectivity index (χ0) is 13.6. The molecule has 0 fully saturated rings. The number of benzene rings is 1. The fourth-order valence-corrected chi connectivity index (χ4v) is 1.74. The molecule has 1 amide bonds. The Hall–Kier alpha value is -1.39. The normalized spacial score (nSPS) is 14.2. The van der Waals surface area contributed by atoms with Crippen LogP contribution in [0.5, 0.6) is 0 Å². The lowest BCUT2D eigenvalue weighted by Crippen LogP contribution is -2.42. The Balaban J connectivity index is 2.60. The van der Waals surface area contributed by atoms with E-state index in [1.54, 1.807) is 12.1 Å². The molecule has 4 nitrogen and oxygen atoms in total. The maximum atomic E-state index is 10.9. The summed E-state index contributed by atoms with van der Waals surface area (Å²) in [6.07, 6.45) is 1.68. The molecule has 100 valence electrons. The highest BCUT2D eigenvalue weighted by atomic mass is 16.3. The Morgan fingerprint density at radius 3 is 2.44 bits per heavy atom. The van der Waals surface area contributed by atoms with Crippen molar-refractivity contribution in [2.45, 2.75) is 38.8 Å². The summed E-state index contributed by atoms with van der Waals surface area (Å²) in [5.41, 5.74) is 6.74. The third-order valence-corrected chi connectivity index (χ3v) is 3.40. The van der Waals surface area contributed by atoms with Crippen molar-refractivity contribution in [3.8, 4) is 0 Å². The first-order valence-corrected chi connectivity index (χ1v) is 6.25. The molecule has 4 heteroatoms. The predicted molar refractivity (Wildman–Crippen MR) is 72.2 cm³/mol. The number of primary amides is 1. The van der Waals surface area contributed by atoms with Gasteiger partial charge in [-0.15, -0.1) is 0 Å². The number of aliphatic hydroxyl groups is 1. The SMILES string of the molecule is CCC(C)(CCO)NCc1ccc(C(N)=O)cc1. The van der Waals surface area contributed by atoms with E-state index in [0.29, 0.717) is 12.1 Å². The molecule has 0 radical (unpaired) electrons. The second kappa shape index (κ2) is 6.52. The second-order valence-electron chi connectivity index (χ2n) is 4.80. The Bertz CT molecular complexity index is 389. The van der Waals surface area contributed by atoms with E-state index in [1.807, 2.05) is 12.1 Å². The van der Waals surface area contributed by atoms with Crippen molar-refractivity contribution in [1.82, 2.24) is 5.32 Å². The van der Waals surface area contributed by atoms with Crippen molar-refractivity contribution in [2.24, 2.45) is 5.73 Å². The summed E-state index contributed by atoms with van der Waals surface area (Å²) in [7, 11) is 0. The smallest absolute Gasteiger partial charge is 0.248 e. The van der Waals surface area contributed by atoms with Crippen LogP contribution in [0, 0.1) is 0 Å². The number of carbonyl (C=O) groups excluding carboxylic acids is 1. The third-order valence-electron chi connectivity index (χ3n) is 3.40. The summed E-state index contributed by atoms with van der Waals surface area (Å²) in [6.45, 7) is 5.08. The molecule has 0 aromatic heterocycles. The molecule has 0 aliphatic rings. The Labute approximate surface area is 108 Å². The number of amides is 1. The third kappa shape index (κ3) is 4.13. The summed E-state index contributed by atoms with van der Waals surface area (Å²) in [5.74, 6) is -0.409. The van der Waals surface area contributed by atoms with Crippen molar-refractivity contribution < 1.29 is 9.90 Å². The molecule has 1 atom stereocenters. The maximum Gasteiger partial charge on any atom is 0.248 e. The van der Waals surface area contributed by atoms with Gasteiger partial charge in [-0.05, 0) is 37.5 Å². The van der Waals surface area contributed by atoms with E-state index in [-0.39, 0.29) is 12.1 Å². The number of carbonyl (C=O) groups is 1. The molecule has 0 heterocycles. The summed E-state index contributed by atoms with van der Waals surface area (Å²) >= 11 is 0. The Kier molecular flexibility index (Phi) is 5.31. The van der Waals surface area contributed by atoms with Gasteiger partial charge in [-0.25, -0.2) is 0 Å². The van der Waals surface area contributed by atoms with Gasteiger partial charge >= 0.3 is 0 Å². The second-order valence-corrected chi connectivity index (χ2v) is 4.80. The van der Waals surface area contributed by atoms with Crippen LogP contribution in [0.1, 0.15) is 42.6 Å². The largest absolute Gasteiger partial charge is 0.396 e. The molecule has 0 saturated carbocycles. The Morgan fingerprint density at radius 2 is 2.00 bits per heavy atom. The monoisotopic (exact) mass is 250 g/mol. The predicted octanol–water partition coefficient (Wildman–Crippen LogP) is 1.43. The molecule has 4 N–H and O–H groups in total. The number of nitrogens with two attached hydrogens (primary N) is 1. The first kappa shape index (κ1) is 14.7. The number of hydrogen-bond acceptors (Lipinski definition) is 3. The van der Waals surface area contributed by atoms with Crippen LogP contribution in [-0.2, 0) is 6.54 Å². The maximum absolute atomic E-state index is 10.9. The lowest BCUT2D eigenvalue weighted by atomic mass is 9.94. The van der Waals surface area contributed by atoms with Gasteiger partial charge in [0, 0.05) is 24.3 Å². The summed E-state index contributed by atoms with van der Waals surface area (Å²) < 4.78 is 0. The van der Waals surface area contributed by atoms with Gasteiger partial charge in [0.1, 0.15) is 0 Å². The molecule has 1 aromatic carbocycles. The van der Waals surface area contributed by atoms with Gasteiger partial charge in [0.05, 0.1) is 0 Å². The summed E-state index contributed by atoms with van der Waals surface area (Å²) in [4.78, 5) is 10.9. The van der Waals surface area contributed by atoms with E-state index in [4.69, 9.17) is 10.8 Å². The van der Waals surface area contributed by atoms with E-state index in [2.05, 4.69) is 19.2 Å². The molecule has 0 spiro atoms. The van der Waals surface area contributed by atoms with E-state index in [0.717, 1.165) is 18.4 Å². The molecule has 0 aliphatic carbocycles. The molecule has 1 aromatic rings. The minimum absolute atomic E-state index is 0.0584. The van der Waals surface area contributed by atoms with Crippen LogP contribution in [0.2, 0.25) is 0 Å². The van der Waals surface area contributed by atoms with Crippen molar-refractivity contribution in [3.05, 3.63) is 35.4 Å². The molecule has 0 saturated heterocycles. The molecule has 1 unspecified atom stereocenters. The fraction of sp³-hybridized carbons (Fsp3) is 0.500. The number of rotatable bonds is 7. The van der Waals surface area contributed by atoms with Crippen molar-refractivity contribution in [3.63, 3.8) is 0 Å². The van der Waals surface area contributed by atoms with Crippen LogP contribution in [0.3, 0.4) is 0 Å². The van der Waals surface area contributed by atoms with Crippen LogP contribution in [-0.4, -0.2) is 23.2 Å². The van der Waals surface area contributed by atoms with Gasteiger partial charge < -0.3 is 16.2 Å². The minimum Gasteiger partial charge on any atom is -0.396 e. The van der Waals surface area contributed by atoms with Gasteiger partial charge in [0.15, 0.2) is 0 Å². The van der Waals surface area contributed by atoms with Crippen LogP contribution in [0.4, 0.5) is 0 Å². The van der Waals surface area contributed by atoms with Gasteiger partial charge in [-0.3, -0.25) is 4.79 Å². The zero-order valence-corrected chi connectivity index (χ0v) is 11.1. The van der Waals surface area contributed by atoms with Gasteiger partial charge in [0.25, 0.3) is 0 Å². The van der Waals surface area contributed by atoms with E-state index in [1.165, 1.54) is 0 Å². The highest BCUT2D eigenvalue weighted by Gasteiger charge is 2.20. The topological polar surface area (TPSA) is 75.3 Å². The average molecular weight is 250 g/mol. The molecular weight excluding hydrogens is 228 g/mol. The minimum atomic E-state index is -0.409. The number of hydrogen-bond donors (Lipinski definition) is 3. The Morgan fingerprint density at radius 1 is 1.39 bits per heavy atom. The molecular formula is C14H22N2O2. The summed E-state index contributed by atoms with van der Waals surface area (Å²) in [6, 6.07) is 7.24. The van der Waals surface area contributed by atoms with Gasteiger partial charge in [-0.1, -0.05) is 19.1 Å². The fourth-order valence-electron chi connectivity index (χ4n) is 1.74. The molecule has 0 bridgehead atoms. The van der Waals surface area contributed by atoms with E-state index >= 15 is 0 Å². The average Bonchev–Trinajstić information content (AvgIpc) is 2.37.